The number of rotatable bonds is 2. The maximum atomic E-state index is 13.9. The molecule has 0 aliphatic carbocycles. The van der Waals surface area contributed by atoms with Crippen LogP contribution in [0.3, 0.4) is 0 Å². The fourth-order valence-corrected chi connectivity index (χ4v) is 2.36. The number of amides is 1. The largest absolute Gasteiger partial charge is 0.452 e. The van der Waals surface area contributed by atoms with E-state index >= 15 is 0 Å². The van der Waals surface area contributed by atoms with Gasteiger partial charge in [0.25, 0.3) is 0 Å². The number of nitrogens with one attached hydrogen (secondary N) is 1. The number of anilines is 2. The van der Waals surface area contributed by atoms with Crippen LogP contribution in [-0.2, 0) is 11.2 Å². The molecule has 108 valence electrons. The number of fused-ring (bicyclic) bond motifs is 1. The van der Waals surface area contributed by atoms with E-state index in [1.54, 1.807) is 18.2 Å². The zero-order chi connectivity index (χ0) is 15.0. The molecule has 0 saturated heterocycles. The summed E-state index contributed by atoms with van der Waals surface area (Å²) in [4.78, 5) is 11.4. The molecule has 0 unspecified atom stereocenters. The maximum absolute atomic E-state index is 13.9. The first-order valence-corrected chi connectivity index (χ1v) is 6.76. The molecule has 0 atom stereocenters. The minimum atomic E-state index is -0.652. The Morgan fingerprint density at radius 3 is 2.86 bits per heavy atom. The summed E-state index contributed by atoms with van der Waals surface area (Å²) in [6, 6.07) is 7.80. The van der Waals surface area contributed by atoms with Crippen LogP contribution in [0.4, 0.5) is 15.8 Å². The molecule has 0 aromatic heterocycles. The Morgan fingerprint density at radius 2 is 2.05 bits per heavy atom. The average molecular weight is 307 g/mol. The van der Waals surface area contributed by atoms with Crippen molar-refractivity contribution in [1.29, 1.82) is 0 Å². The van der Waals surface area contributed by atoms with Gasteiger partial charge in [0.15, 0.2) is 17.3 Å². The number of hydrogen-bond donors (Lipinski definition) is 2. The van der Waals surface area contributed by atoms with Gasteiger partial charge in [-0.15, -0.1) is 0 Å². The molecule has 1 heterocycles. The Labute approximate surface area is 125 Å². The van der Waals surface area contributed by atoms with Crippen LogP contribution in [-0.4, -0.2) is 5.91 Å². The molecule has 0 saturated carbocycles. The van der Waals surface area contributed by atoms with Gasteiger partial charge in [-0.05, 0) is 30.2 Å². The molecule has 0 radical (unpaired) electrons. The van der Waals surface area contributed by atoms with E-state index < -0.39 is 5.82 Å². The highest BCUT2D eigenvalue weighted by Gasteiger charge is 2.18. The summed E-state index contributed by atoms with van der Waals surface area (Å²) >= 11 is 5.71. The molecular weight excluding hydrogens is 295 g/mol. The van der Waals surface area contributed by atoms with Crippen LogP contribution in [0.25, 0.3) is 0 Å². The van der Waals surface area contributed by atoms with E-state index in [1.807, 2.05) is 0 Å². The number of hydrogen-bond acceptors (Lipinski definition) is 3. The van der Waals surface area contributed by atoms with Crippen molar-refractivity contribution in [3.05, 3.63) is 46.7 Å². The predicted octanol–water partition coefficient (Wildman–Crippen LogP) is 3.74. The number of carbonyl (C=O) groups excluding carboxylic acids is 1. The summed E-state index contributed by atoms with van der Waals surface area (Å²) in [7, 11) is 0. The normalized spacial score (nSPS) is 13.5. The number of ether oxygens (including phenoxy) is 1. The topological polar surface area (TPSA) is 64.3 Å². The minimum Gasteiger partial charge on any atom is -0.452 e. The summed E-state index contributed by atoms with van der Waals surface area (Å²) in [6.45, 7) is 0. The molecule has 3 N–H and O–H groups in total. The molecule has 0 fully saturated rings. The fourth-order valence-electron chi connectivity index (χ4n) is 2.20. The molecule has 4 nitrogen and oxygen atoms in total. The van der Waals surface area contributed by atoms with Crippen molar-refractivity contribution in [1.82, 2.24) is 0 Å². The van der Waals surface area contributed by atoms with Crippen LogP contribution in [0.1, 0.15) is 12.0 Å². The smallest absolute Gasteiger partial charge is 0.224 e. The van der Waals surface area contributed by atoms with Crippen molar-refractivity contribution in [2.75, 3.05) is 11.1 Å². The Bertz CT molecular complexity index is 734. The first kappa shape index (κ1) is 13.7. The summed E-state index contributed by atoms with van der Waals surface area (Å²) in [5.41, 5.74) is 7.87. The van der Waals surface area contributed by atoms with Crippen LogP contribution < -0.4 is 15.8 Å². The molecule has 3 rings (SSSR count). The molecule has 6 heteroatoms. The van der Waals surface area contributed by atoms with E-state index in [-0.39, 0.29) is 22.4 Å². The summed E-state index contributed by atoms with van der Waals surface area (Å²) in [6.07, 6.45) is 1.05. The van der Waals surface area contributed by atoms with Gasteiger partial charge < -0.3 is 15.8 Å². The fraction of sp³-hybridized carbons (Fsp3) is 0.133. The molecule has 0 spiro atoms. The second-order valence-corrected chi connectivity index (χ2v) is 5.16. The number of nitrogens with two attached hydrogens (primary N) is 1. The van der Waals surface area contributed by atoms with Crippen LogP contribution in [0, 0.1) is 5.82 Å². The van der Waals surface area contributed by atoms with Crippen molar-refractivity contribution in [2.24, 2.45) is 0 Å². The molecule has 1 amide bonds. The Balaban J connectivity index is 1.97. The molecule has 1 aliphatic heterocycles. The number of aryl methyl sites for hydroxylation is 1. The number of halogens is 2. The lowest BCUT2D eigenvalue weighted by Gasteiger charge is -2.19. The molecule has 1 aliphatic rings. The van der Waals surface area contributed by atoms with E-state index in [1.165, 1.54) is 12.1 Å². The number of benzene rings is 2. The summed E-state index contributed by atoms with van der Waals surface area (Å²) in [5, 5.41) is 2.71. The SMILES string of the molecule is Nc1cc2c(cc1Oc1cccc(Cl)c1F)NC(=O)CC2. The van der Waals surface area contributed by atoms with Gasteiger partial charge in [0.2, 0.25) is 5.91 Å². The van der Waals surface area contributed by atoms with E-state index in [4.69, 9.17) is 22.1 Å². The Kier molecular flexibility index (Phi) is 3.43. The van der Waals surface area contributed by atoms with Crippen LogP contribution >= 0.6 is 11.6 Å². The van der Waals surface area contributed by atoms with E-state index in [0.29, 0.717) is 24.2 Å². The van der Waals surface area contributed by atoms with Crippen LogP contribution in [0.2, 0.25) is 5.02 Å². The Morgan fingerprint density at radius 1 is 1.24 bits per heavy atom. The molecular formula is C15H12ClFN2O2. The second kappa shape index (κ2) is 5.26. The van der Waals surface area contributed by atoms with Crippen LogP contribution in [0.15, 0.2) is 30.3 Å². The lowest BCUT2D eigenvalue weighted by atomic mass is 10.0. The first-order chi connectivity index (χ1) is 10.0. The molecule has 2 aromatic carbocycles. The van der Waals surface area contributed by atoms with E-state index in [9.17, 15) is 9.18 Å². The van der Waals surface area contributed by atoms with Gasteiger partial charge in [-0.3, -0.25) is 4.79 Å². The molecule has 2 aromatic rings. The van der Waals surface area contributed by atoms with Crippen LogP contribution in [0.5, 0.6) is 11.5 Å². The van der Waals surface area contributed by atoms with Crippen molar-refractivity contribution in [3.8, 4) is 11.5 Å². The average Bonchev–Trinajstić information content (AvgIpc) is 2.45. The highest BCUT2D eigenvalue weighted by Crippen LogP contribution is 2.36. The standard InChI is InChI=1S/C15H12ClFN2O2/c16-9-2-1-3-12(15(9)17)21-13-7-11-8(6-10(13)18)4-5-14(20)19-11/h1-3,6-7H,4-5,18H2,(H,19,20). The third-order valence-electron chi connectivity index (χ3n) is 3.27. The minimum absolute atomic E-state index is 0.0173. The lowest BCUT2D eigenvalue weighted by molar-refractivity contribution is -0.116. The van der Waals surface area contributed by atoms with Gasteiger partial charge >= 0.3 is 0 Å². The zero-order valence-electron chi connectivity index (χ0n) is 11.0. The van der Waals surface area contributed by atoms with Gasteiger partial charge in [0, 0.05) is 18.2 Å². The molecule has 0 bridgehead atoms. The third-order valence-corrected chi connectivity index (χ3v) is 3.56. The zero-order valence-corrected chi connectivity index (χ0v) is 11.7. The van der Waals surface area contributed by atoms with Gasteiger partial charge in [-0.2, -0.15) is 0 Å². The van der Waals surface area contributed by atoms with Gasteiger partial charge in [-0.1, -0.05) is 17.7 Å². The summed E-state index contributed by atoms with van der Waals surface area (Å²) < 4.78 is 19.3. The van der Waals surface area contributed by atoms with E-state index in [2.05, 4.69) is 5.32 Å². The summed E-state index contributed by atoms with van der Waals surface area (Å²) in [5.74, 6) is -0.458. The highest BCUT2D eigenvalue weighted by molar-refractivity contribution is 6.30. The second-order valence-electron chi connectivity index (χ2n) is 4.75. The van der Waals surface area contributed by atoms with E-state index in [0.717, 1.165) is 5.56 Å². The Hall–Kier alpha value is -2.27. The third kappa shape index (κ3) is 2.64. The van der Waals surface area contributed by atoms with Crippen molar-refractivity contribution >= 4 is 28.9 Å². The van der Waals surface area contributed by atoms with Gasteiger partial charge in [0.05, 0.1) is 10.7 Å². The molecule has 21 heavy (non-hydrogen) atoms. The quantitative estimate of drug-likeness (QED) is 0.831. The predicted molar refractivity (Wildman–Crippen MR) is 79.3 cm³/mol. The van der Waals surface area contributed by atoms with Crippen molar-refractivity contribution < 1.29 is 13.9 Å². The van der Waals surface area contributed by atoms with Crippen molar-refractivity contribution in [2.45, 2.75) is 12.8 Å². The monoisotopic (exact) mass is 306 g/mol. The van der Waals surface area contributed by atoms with Gasteiger partial charge in [0.1, 0.15) is 0 Å². The van der Waals surface area contributed by atoms with Gasteiger partial charge in [-0.25, -0.2) is 4.39 Å². The lowest BCUT2D eigenvalue weighted by Crippen LogP contribution is -2.19. The number of carbonyl (C=O) groups is 1. The highest BCUT2D eigenvalue weighted by atomic mass is 35.5. The maximum Gasteiger partial charge on any atom is 0.224 e. The number of nitrogen functional groups attached to an aromatic ring is 1. The first-order valence-electron chi connectivity index (χ1n) is 6.38. The van der Waals surface area contributed by atoms with Crippen molar-refractivity contribution in [3.63, 3.8) is 0 Å².